The highest BCUT2D eigenvalue weighted by molar-refractivity contribution is 5.72. The minimum absolute atomic E-state index is 0.0159. The van der Waals surface area contributed by atoms with Gasteiger partial charge in [-0.2, -0.15) is 0 Å². The van der Waals surface area contributed by atoms with Crippen LogP contribution < -0.4 is 0 Å². The lowest BCUT2D eigenvalue weighted by Gasteiger charge is -2.35. The Morgan fingerprint density at radius 3 is 2.32 bits per heavy atom. The van der Waals surface area contributed by atoms with Crippen LogP contribution in [-0.2, 0) is 23.7 Å². The normalized spacial score (nSPS) is 27.2. The van der Waals surface area contributed by atoms with Gasteiger partial charge in [0.1, 0.15) is 6.61 Å². The fourth-order valence-corrected chi connectivity index (χ4v) is 2.23. The molecule has 0 aliphatic heterocycles. The molecule has 0 spiro atoms. The highest BCUT2D eigenvalue weighted by Crippen LogP contribution is 2.34. The van der Waals surface area contributed by atoms with E-state index in [9.17, 15) is 4.79 Å². The summed E-state index contributed by atoms with van der Waals surface area (Å²) in [4.78, 5) is 11.8. The molecule has 1 aliphatic rings. The predicted molar refractivity (Wildman–Crippen MR) is 71.0 cm³/mol. The summed E-state index contributed by atoms with van der Waals surface area (Å²) < 4.78 is 20.8. The van der Waals surface area contributed by atoms with E-state index in [4.69, 9.17) is 18.9 Å². The van der Waals surface area contributed by atoms with E-state index < -0.39 is 0 Å². The van der Waals surface area contributed by atoms with Gasteiger partial charge in [0, 0.05) is 14.2 Å². The lowest BCUT2D eigenvalue weighted by molar-refractivity contribution is -0.153. The molecule has 0 atom stereocenters. The van der Waals surface area contributed by atoms with E-state index in [2.05, 4.69) is 6.92 Å². The average molecular weight is 274 g/mol. The number of methoxy groups -OCH3 is 2. The summed E-state index contributed by atoms with van der Waals surface area (Å²) in [6.45, 7) is 3.94. The fraction of sp³-hybridized carbons (Fsp3) is 0.929. The van der Waals surface area contributed by atoms with E-state index in [0.717, 1.165) is 25.7 Å². The van der Waals surface area contributed by atoms with Gasteiger partial charge in [0.25, 0.3) is 0 Å². The minimum atomic E-state index is -0.103. The number of hydrogen-bond donors (Lipinski definition) is 0. The molecule has 112 valence electrons. The van der Waals surface area contributed by atoms with Crippen LogP contribution >= 0.6 is 0 Å². The molecule has 0 unspecified atom stereocenters. The van der Waals surface area contributed by atoms with Crippen molar-refractivity contribution in [1.82, 2.24) is 0 Å². The molecule has 0 saturated heterocycles. The molecule has 0 N–H and O–H groups in total. The van der Waals surface area contributed by atoms with E-state index in [1.807, 2.05) is 0 Å². The summed E-state index contributed by atoms with van der Waals surface area (Å²) in [7, 11) is 3.36. The van der Waals surface area contributed by atoms with Crippen molar-refractivity contribution in [2.45, 2.75) is 38.2 Å². The topological polar surface area (TPSA) is 54.0 Å². The molecule has 0 radical (unpaired) electrons. The molecule has 5 nitrogen and oxygen atoms in total. The Balaban J connectivity index is 2.11. The zero-order valence-corrected chi connectivity index (χ0v) is 12.3. The number of carbonyl (C=O) groups excluding carboxylic acids is 1. The van der Waals surface area contributed by atoms with Crippen LogP contribution in [0.1, 0.15) is 32.6 Å². The van der Waals surface area contributed by atoms with Crippen molar-refractivity contribution in [1.29, 1.82) is 0 Å². The van der Waals surface area contributed by atoms with E-state index in [-0.39, 0.29) is 17.5 Å². The van der Waals surface area contributed by atoms with Crippen molar-refractivity contribution in [3.63, 3.8) is 0 Å². The van der Waals surface area contributed by atoms with Crippen molar-refractivity contribution >= 4 is 5.97 Å². The van der Waals surface area contributed by atoms with Gasteiger partial charge in [0.05, 0.1) is 31.3 Å². The maximum Gasteiger partial charge on any atom is 0.309 e. The molecule has 0 aromatic rings. The Morgan fingerprint density at radius 1 is 1.11 bits per heavy atom. The van der Waals surface area contributed by atoms with Crippen LogP contribution in [0.15, 0.2) is 0 Å². The Labute approximate surface area is 115 Å². The molecule has 0 aromatic carbocycles. The van der Waals surface area contributed by atoms with Gasteiger partial charge in [-0.15, -0.1) is 0 Å². The lowest BCUT2D eigenvalue weighted by atomic mass is 9.80. The van der Waals surface area contributed by atoms with Crippen molar-refractivity contribution in [3.05, 3.63) is 0 Å². The second-order valence-corrected chi connectivity index (χ2v) is 5.20. The minimum Gasteiger partial charge on any atom is -0.463 e. The van der Waals surface area contributed by atoms with E-state index in [1.165, 1.54) is 0 Å². The van der Waals surface area contributed by atoms with Gasteiger partial charge < -0.3 is 18.9 Å². The number of carbonyl (C=O) groups is 1. The molecular weight excluding hydrogens is 248 g/mol. The Kier molecular flexibility index (Phi) is 7.34. The van der Waals surface area contributed by atoms with Gasteiger partial charge in [-0.05, 0) is 32.6 Å². The average Bonchev–Trinajstić information content (AvgIpc) is 2.43. The smallest absolute Gasteiger partial charge is 0.309 e. The molecular formula is C14H26O5. The highest BCUT2D eigenvalue weighted by Gasteiger charge is 2.34. The van der Waals surface area contributed by atoms with Gasteiger partial charge in [-0.1, -0.05) is 0 Å². The molecule has 1 saturated carbocycles. The fourth-order valence-electron chi connectivity index (χ4n) is 2.23. The van der Waals surface area contributed by atoms with Gasteiger partial charge in [-0.3, -0.25) is 4.79 Å². The molecule has 5 heteroatoms. The first-order valence-electron chi connectivity index (χ1n) is 6.90. The lowest BCUT2D eigenvalue weighted by Crippen LogP contribution is -2.35. The number of esters is 1. The SMILES string of the molecule is COCCOCCOC(=O)C1CCC(C)(OC)CC1. The van der Waals surface area contributed by atoms with Crippen molar-refractivity contribution in [3.8, 4) is 0 Å². The molecule has 19 heavy (non-hydrogen) atoms. The molecule has 0 bridgehead atoms. The Bertz CT molecular complexity index is 259. The summed E-state index contributed by atoms with van der Waals surface area (Å²) in [5.74, 6) is -0.0873. The van der Waals surface area contributed by atoms with Gasteiger partial charge in [0.2, 0.25) is 0 Å². The third-order valence-corrected chi connectivity index (χ3v) is 3.77. The number of rotatable bonds is 8. The van der Waals surface area contributed by atoms with Crippen LogP contribution in [-0.4, -0.2) is 52.2 Å². The second kappa shape index (κ2) is 8.51. The maximum absolute atomic E-state index is 11.8. The van der Waals surface area contributed by atoms with Crippen LogP contribution in [0.2, 0.25) is 0 Å². The molecule has 1 aliphatic carbocycles. The highest BCUT2D eigenvalue weighted by atomic mass is 16.6. The van der Waals surface area contributed by atoms with E-state index in [1.54, 1.807) is 14.2 Å². The standard InChI is InChI=1S/C14H26O5/c1-14(17-3)6-4-12(5-7-14)13(15)19-11-10-18-9-8-16-2/h12H,4-11H2,1-3H3. The molecule has 0 heterocycles. The van der Waals surface area contributed by atoms with Crippen molar-refractivity contribution in [2.75, 3.05) is 40.6 Å². The number of hydrogen-bond acceptors (Lipinski definition) is 5. The Morgan fingerprint density at radius 2 is 1.74 bits per heavy atom. The quantitative estimate of drug-likeness (QED) is 0.499. The third-order valence-electron chi connectivity index (χ3n) is 3.77. The first kappa shape index (κ1) is 16.4. The monoisotopic (exact) mass is 274 g/mol. The van der Waals surface area contributed by atoms with Crippen LogP contribution in [0.3, 0.4) is 0 Å². The number of ether oxygens (including phenoxy) is 4. The van der Waals surface area contributed by atoms with Crippen molar-refractivity contribution < 1.29 is 23.7 Å². The molecule has 1 rings (SSSR count). The molecule has 0 aromatic heterocycles. The summed E-state index contributed by atoms with van der Waals surface area (Å²) in [6.07, 6.45) is 3.50. The van der Waals surface area contributed by atoms with Crippen LogP contribution in [0, 0.1) is 5.92 Å². The second-order valence-electron chi connectivity index (χ2n) is 5.20. The molecule has 1 fully saturated rings. The third kappa shape index (κ3) is 5.89. The van der Waals surface area contributed by atoms with Gasteiger partial charge >= 0.3 is 5.97 Å². The summed E-state index contributed by atoms with van der Waals surface area (Å²) in [5, 5.41) is 0. The zero-order chi connectivity index (χ0) is 14.1. The first-order valence-corrected chi connectivity index (χ1v) is 6.90. The van der Waals surface area contributed by atoms with Crippen LogP contribution in [0.5, 0.6) is 0 Å². The van der Waals surface area contributed by atoms with Gasteiger partial charge in [-0.25, -0.2) is 0 Å². The first-order chi connectivity index (χ1) is 9.11. The summed E-state index contributed by atoms with van der Waals surface area (Å²) in [5.41, 5.74) is -0.0694. The van der Waals surface area contributed by atoms with E-state index >= 15 is 0 Å². The maximum atomic E-state index is 11.8. The van der Waals surface area contributed by atoms with E-state index in [0.29, 0.717) is 26.4 Å². The van der Waals surface area contributed by atoms with Gasteiger partial charge in [0.15, 0.2) is 0 Å². The zero-order valence-electron chi connectivity index (χ0n) is 12.3. The summed E-state index contributed by atoms with van der Waals surface area (Å²) >= 11 is 0. The molecule has 0 amide bonds. The predicted octanol–water partition coefficient (Wildman–Crippen LogP) is 1.79. The van der Waals surface area contributed by atoms with Crippen LogP contribution in [0.25, 0.3) is 0 Å². The largest absolute Gasteiger partial charge is 0.463 e. The Hall–Kier alpha value is -0.650. The van der Waals surface area contributed by atoms with Crippen LogP contribution in [0.4, 0.5) is 0 Å². The summed E-state index contributed by atoms with van der Waals surface area (Å²) in [6, 6.07) is 0. The van der Waals surface area contributed by atoms with Crippen molar-refractivity contribution in [2.24, 2.45) is 5.92 Å².